The van der Waals surface area contributed by atoms with E-state index in [0.717, 1.165) is 5.56 Å². The lowest BCUT2D eigenvalue weighted by atomic mass is 9.93. The van der Waals surface area contributed by atoms with Gasteiger partial charge in [-0.15, -0.1) is 0 Å². The molecule has 0 aromatic heterocycles. The first-order chi connectivity index (χ1) is 12.4. The third-order valence-corrected chi connectivity index (χ3v) is 4.50. The zero-order chi connectivity index (χ0) is 19.5. The monoisotopic (exact) mass is 350 g/mol. The summed E-state index contributed by atoms with van der Waals surface area (Å²) in [5.74, 6) is 0.113. The van der Waals surface area contributed by atoms with Crippen LogP contribution in [-0.2, 0) is 0 Å². The summed E-state index contributed by atoms with van der Waals surface area (Å²) < 4.78 is 14.4. The third-order valence-electron chi connectivity index (χ3n) is 4.50. The van der Waals surface area contributed by atoms with Gasteiger partial charge in [0, 0.05) is 5.57 Å². The van der Waals surface area contributed by atoms with Crippen LogP contribution in [0.5, 0.6) is 0 Å². The SMILES string of the molecule is C=C/C=C\C(=C)C(=C)/C(F)=C\C(=C)c1ccc(C(C)CCCCC)cc1. The number of halogens is 1. The minimum atomic E-state index is -0.425. The fraction of sp³-hybridized carbons (Fsp3) is 0.280. The summed E-state index contributed by atoms with van der Waals surface area (Å²) in [5, 5.41) is 0. The lowest BCUT2D eigenvalue weighted by Crippen LogP contribution is -1.94. The molecule has 1 unspecified atom stereocenters. The van der Waals surface area contributed by atoms with E-state index in [1.807, 2.05) is 12.1 Å². The van der Waals surface area contributed by atoms with Gasteiger partial charge >= 0.3 is 0 Å². The Balaban J connectivity index is 2.78. The summed E-state index contributed by atoms with van der Waals surface area (Å²) in [7, 11) is 0. The molecule has 0 aliphatic carbocycles. The molecular weight excluding hydrogens is 319 g/mol. The van der Waals surface area contributed by atoms with E-state index in [2.05, 4.69) is 52.3 Å². The molecule has 0 bridgehead atoms. The molecule has 0 saturated heterocycles. The molecule has 138 valence electrons. The fourth-order valence-corrected chi connectivity index (χ4v) is 2.65. The van der Waals surface area contributed by atoms with Crippen molar-refractivity contribution < 1.29 is 4.39 Å². The van der Waals surface area contributed by atoms with Crippen molar-refractivity contribution in [3.8, 4) is 0 Å². The molecule has 0 N–H and O–H groups in total. The number of rotatable bonds is 11. The van der Waals surface area contributed by atoms with Crippen LogP contribution < -0.4 is 0 Å². The van der Waals surface area contributed by atoms with Gasteiger partial charge < -0.3 is 0 Å². The second-order valence-corrected chi connectivity index (χ2v) is 6.63. The van der Waals surface area contributed by atoms with Crippen molar-refractivity contribution in [2.24, 2.45) is 0 Å². The highest BCUT2D eigenvalue weighted by Crippen LogP contribution is 2.26. The van der Waals surface area contributed by atoms with Gasteiger partial charge in [0.25, 0.3) is 0 Å². The number of hydrogen-bond acceptors (Lipinski definition) is 0. The maximum absolute atomic E-state index is 14.4. The van der Waals surface area contributed by atoms with Crippen molar-refractivity contribution in [1.29, 1.82) is 0 Å². The van der Waals surface area contributed by atoms with Crippen molar-refractivity contribution in [3.63, 3.8) is 0 Å². The molecule has 26 heavy (non-hydrogen) atoms. The van der Waals surface area contributed by atoms with Crippen LogP contribution in [0, 0.1) is 0 Å². The molecule has 0 radical (unpaired) electrons. The third kappa shape index (κ3) is 6.84. The average molecular weight is 351 g/mol. The molecule has 0 nitrogen and oxygen atoms in total. The van der Waals surface area contributed by atoms with Crippen LogP contribution in [0.4, 0.5) is 4.39 Å². The van der Waals surface area contributed by atoms with Gasteiger partial charge in [-0.2, -0.15) is 0 Å². The molecule has 0 amide bonds. The molecule has 1 rings (SSSR count). The van der Waals surface area contributed by atoms with Crippen molar-refractivity contribution >= 4 is 5.57 Å². The molecule has 0 fully saturated rings. The zero-order valence-corrected chi connectivity index (χ0v) is 16.2. The Labute approximate surface area is 158 Å². The van der Waals surface area contributed by atoms with Gasteiger partial charge in [-0.25, -0.2) is 4.39 Å². The highest BCUT2D eigenvalue weighted by Gasteiger charge is 2.08. The van der Waals surface area contributed by atoms with E-state index >= 15 is 0 Å². The normalized spacial score (nSPS) is 12.8. The quantitative estimate of drug-likeness (QED) is 0.279. The lowest BCUT2D eigenvalue weighted by molar-refractivity contribution is 0.598. The molecule has 1 aromatic carbocycles. The topological polar surface area (TPSA) is 0 Å². The number of unbranched alkanes of at least 4 members (excludes halogenated alkanes) is 2. The lowest BCUT2D eigenvalue weighted by Gasteiger charge is -2.12. The predicted octanol–water partition coefficient (Wildman–Crippen LogP) is 8.09. The van der Waals surface area contributed by atoms with E-state index in [1.165, 1.54) is 37.3 Å². The second-order valence-electron chi connectivity index (χ2n) is 6.63. The van der Waals surface area contributed by atoms with Gasteiger partial charge in [0.15, 0.2) is 0 Å². The minimum Gasteiger partial charge on any atom is -0.206 e. The predicted molar refractivity (Wildman–Crippen MR) is 115 cm³/mol. The second kappa shape index (κ2) is 11.3. The summed E-state index contributed by atoms with van der Waals surface area (Å²) in [6.45, 7) is 19.6. The molecule has 1 aromatic rings. The van der Waals surface area contributed by atoms with E-state index < -0.39 is 5.83 Å². The molecule has 0 heterocycles. The van der Waals surface area contributed by atoms with Crippen molar-refractivity contribution in [3.05, 3.63) is 103 Å². The summed E-state index contributed by atoms with van der Waals surface area (Å²) in [5.41, 5.74) is 3.61. The van der Waals surface area contributed by atoms with E-state index in [4.69, 9.17) is 0 Å². The zero-order valence-electron chi connectivity index (χ0n) is 16.2. The molecule has 0 spiro atoms. The molecule has 1 atom stereocenters. The maximum atomic E-state index is 14.4. The van der Waals surface area contributed by atoms with Crippen molar-refractivity contribution in [2.75, 3.05) is 0 Å². The van der Waals surface area contributed by atoms with E-state index in [0.29, 0.717) is 17.1 Å². The smallest absolute Gasteiger partial charge is 0.131 e. The van der Waals surface area contributed by atoms with E-state index in [1.54, 1.807) is 18.2 Å². The Morgan fingerprint density at radius 1 is 1.12 bits per heavy atom. The largest absolute Gasteiger partial charge is 0.206 e. The first kappa shape index (κ1) is 21.6. The molecule has 1 heteroatoms. The Morgan fingerprint density at radius 3 is 2.35 bits per heavy atom. The van der Waals surface area contributed by atoms with Gasteiger partial charge in [-0.1, -0.05) is 102 Å². The van der Waals surface area contributed by atoms with Crippen LogP contribution in [0.25, 0.3) is 5.57 Å². The summed E-state index contributed by atoms with van der Waals surface area (Å²) >= 11 is 0. The van der Waals surface area contributed by atoms with Crippen molar-refractivity contribution in [2.45, 2.75) is 45.4 Å². The number of hydrogen-bond donors (Lipinski definition) is 0. The molecule has 0 aliphatic rings. The maximum Gasteiger partial charge on any atom is 0.131 e. The summed E-state index contributed by atoms with van der Waals surface area (Å²) in [6.07, 6.45) is 11.4. The first-order valence-electron chi connectivity index (χ1n) is 9.24. The average Bonchev–Trinajstić information content (AvgIpc) is 2.65. The van der Waals surface area contributed by atoms with Gasteiger partial charge in [-0.05, 0) is 40.7 Å². The Hall–Kier alpha value is -2.41. The van der Waals surface area contributed by atoms with Gasteiger partial charge in [0.2, 0.25) is 0 Å². The molecular formula is C25H31F. The Kier molecular flexibility index (Phi) is 9.36. The number of benzene rings is 1. The van der Waals surface area contributed by atoms with Crippen LogP contribution in [0.1, 0.15) is 56.6 Å². The number of allylic oxidation sites excluding steroid dienone is 8. The first-order valence-corrected chi connectivity index (χ1v) is 9.24. The molecule has 0 saturated carbocycles. The van der Waals surface area contributed by atoms with Gasteiger partial charge in [-0.3, -0.25) is 0 Å². The summed E-state index contributed by atoms with van der Waals surface area (Å²) in [6, 6.07) is 8.24. The van der Waals surface area contributed by atoms with Gasteiger partial charge in [0.05, 0.1) is 0 Å². The fourth-order valence-electron chi connectivity index (χ4n) is 2.65. The van der Waals surface area contributed by atoms with Gasteiger partial charge in [0.1, 0.15) is 5.83 Å². The highest BCUT2D eigenvalue weighted by atomic mass is 19.1. The highest BCUT2D eigenvalue weighted by molar-refractivity contribution is 5.74. The Bertz CT molecular complexity index is 698. The van der Waals surface area contributed by atoms with E-state index in [9.17, 15) is 4.39 Å². The minimum absolute atomic E-state index is 0.255. The van der Waals surface area contributed by atoms with Crippen LogP contribution >= 0.6 is 0 Å². The van der Waals surface area contributed by atoms with Crippen LogP contribution in [0.15, 0.2) is 91.9 Å². The van der Waals surface area contributed by atoms with Crippen LogP contribution in [0.2, 0.25) is 0 Å². The standard InChI is InChI=1S/C25H31F/c1-7-9-11-13-20(4)23-14-16-24(17-15-23)21(5)18-25(26)22(6)19(3)12-10-8-2/h8,10,12,14-18,20H,2-3,5-7,9,11,13H2,1,4H3/b12-10-,25-18+. The summed E-state index contributed by atoms with van der Waals surface area (Å²) in [4.78, 5) is 0. The van der Waals surface area contributed by atoms with Crippen LogP contribution in [0.3, 0.4) is 0 Å². The van der Waals surface area contributed by atoms with E-state index in [-0.39, 0.29) is 5.57 Å². The molecule has 0 aliphatic heterocycles. The van der Waals surface area contributed by atoms with Crippen molar-refractivity contribution in [1.82, 2.24) is 0 Å². The van der Waals surface area contributed by atoms with Crippen LogP contribution in [-0.4, -0.2) is 0 Å². The Morgan fingerprint density at radius 2 is 1.77 bits per heavy atom.